The topological polar surface area (TPSA) is 55.5 Å². The van der Waals surface area contributed by atoms with E-state index in [2.05, 4.69) is 0 Å². The van der Waals surface area contributed by atoms with Crippen molar-refractivity contribution in [2.24, 2.45) is 5.73 Å². The Labute approximate surface area is 75.9 Å². The molecule has 4 heteroatoms. The molecule has 0 aliphatic rings. The Morgan fingerprint density at radius 1 is 1.62 bits per heavy atom. The van der Waals surface area contributed by atoms with E-state index in [0.29, 0.717) is 11.1 Å². The number of aromatic hydroxyl groups is 1. The Kier molecular flexibility index (Phi) is 2.72. The van der Waals surface area contributed by atoms with Gasteiger partial charge in [-0.25, -0.2) is 0 Å². The van der Waals surface area contributed by atoms with Crippen molar-refractivity contribution < 1.29 is 14.2 Å². The first kappa shape index (κ1) is 9.80. The van der Waals surface area contributed by atoms with E-state index < -0.39 is 5.82 Å². The fourth-order valence-corrected chi connectivity index (χ4v) is 1.19. The summed E-state index contributed by atoms with van der Waals surface area (Å²) in [7, 11) is 1.34. The Balaban J connectivity index is 3.39. The van der Waals surface area contributed by atoms with Crippen LogP contribution in [0.2, 0.25) is 0 Å². The molecule has 0 unspecified atom stereocenters. The molecule has 72 valence electrons. The van der Waals surface area contributed by atoms with Crippen molar-refractivity contribution in [3.05, 3.63) is 23.0 Å². The van der Waals surface area contributed by atoms with Crippen LogP contribution in [0.1, 0.15) is 11.1 Å². The third-order valence-corrected chi connectivity index (χ3v) is 1.89. The van der Waals surface area contributed by atoms with Crippen LogP contribution in [0.15, 0.2) is 6.07 Å². The normalized spacial score (nSPS) is 10.2. The van der Waals surface area contributed by atoms with Gasteiger partial charge in [-0.3, -0.25) is 0 Å². The predicted octanol–water partition coefficient (Wildman–Crippen LogP) is 1.31. The van der Waals surface area contributed by atoms with Gasteiger partial charge in [0.25, 0.3) is 0 Å². The first-order valence-corrected chi connectivity index (χ1v) is 3.86. The van der Waals surface area contributed by atoms with E-state index in [-0.39, 0.29) is 18.0 Å². The third-order valence-electron chi connectivity index (χ3n) is 1.89. The van der Waals surface area contributed by atoms with E-state index in [4.69, 9.17) is 10.5 Å². The summed E-state index contributed by atoms with van der Waals surface area (Å²) in [5, 5.41) is 9.24. The van der Waals surface area contributed by atoms with Crippen molar-refractivity contribution in [2.45, 2.75) is 13.5 Å². The number of methoxy groups -OCH3 is 1. The van der Waals surface area contributed by atoms with Crippen molar-refractivity contribution in [3.63, 3.8) is 0 Å². The average molecular weight is 185 g/mol. The van der Waals surface area contributed by atoms with E-state index in [1.807, 2.05) is 0 Å². The van der Waals surface area contributed by atoms with Crippen LogP contribution in [-0.2, 0) is 6.54 Å². The molecule has 1 rings (SSSR count). The predicted molar refractivity (Wildman–Crippen MR) is 47.2 cm³/mol. The number of hydrogen-bond donors (Lipinski definition) is 2. The summed E-state index contributed by atoms with van der Waals surface area (Å²) < 4.78 is 18.1. The van der Waals surface area contributed by atoms with Gasteiger partial charge in [-0.2, -0.15) is 4.39 Å². The van der Waals surface area contributed by atoms with Crippen LogP contribution >= 0.6 is 0 Å². The molecule has 1 aromatic carbocycles. The molecule has 3 N–H and O–H groups in total. The number of hydrogen-bond acceptors (Lipinski definition) is 3. The quantitative estimate of drug-likeness (QED) is 0.730. The van der Waals surface area contributed by atoms with Crippen molar-refractivity contribution in [3.8, 4) is 11.5 Å². The van der Waals surface area contributed by atoms with E-state index in [0.717, 1.165) is 0 Å². The number of phenols is 1. The van der Waals surface area contributed by atoms with Crippen LogP contribution in [-0.4, -0.2) is 12.2 Å². The number of rotatable bonds is 2. The lowest BCUT2D eigenvalue weighted by Crippen LogP contribution is -2.02. The monoisotopic (exact) mass is 185 g/mol. The number of aryl methyl sites for hydroxylation is 1. The van der Waals surface area contributed by atoms with Crippen LogP contribution in [0.25, 0.3) is 0 Å². The lowest BCUT2D eigenvalue weighted by Gasteiger charge is -2.10. The largest absolute Gasteiger partial charge is 0.505 e. The number of benzene rings is 1. The van der Waals surface area contributed by atoms with Crippen molar-refractivity contribution >= 4 is 0 Å². The Bertz CT molecular complexity index is 326. The number of nitrogens with two attached hydrogens (primary N) is 1. The molecule has 0 aliphatic heterocycles. The van der Waals surface area contributed by atoms with Gasteiger partial charge in [-0.1, -0.05) is 0 Å². The van der Waals surface area contributed by atoms with Gasteiger partial charge in [-0.15, -0.1) is 0 Å². The maximum Gasteiger partial charge on any atom is 0.207 e. The third kappa shape index (κ3) is 1.58. The van der Waals surface area contributed by atoms with Crippen molar-refractivity contribution in [1.82, 2.24) is 0 Å². The van der Waals surface area contributed by atoms with Crippen LogP contribution in [0.4, 0.5) is 4.39 Å². The maximum absolute atomic E-state index is 13.3. The summed E-state index contributed by atoms with van der Waals surface area (Å²) in [5.74, 6) is -1.11. The van der Waals surface area contributed by atoms with Gasteiger partial charge < -0.3 is 15.6 Å². The molecule has 0 atom stereocenters. The first-order valence-electron chi connectivity index (χ1n) is 3.86. The molecular formula is C9H12FNO2. The summed E-state index contributed by atoms with van der Waals surface area (Å²) in [6.45, 7) is 1.79. The van der Waals surface area contributed by atoms with E-state index >= 15 is 0 Å². The number of ether oxygens (including phenoxy) is 1. The second kappa shape index (κ2) is 3.62. The lowest BCUT2D eigenvalue weighted by atomic mass is 10.1. The molecule has 0 bridgehead atoms. The zero-order chi connectivity index (χ0) is 10.0. The van der Waals surface area contributed by atoms with E-state index in [1.54, 1.807) is 13.0 Å². The fourth-order valence-electron chi connectivity index (χ4n) is 1.19. The van der Waals surface area contributed by atoms with Gasteiger partial charge in [-0.05, 0) is 18.6 Å². The van der Waals surface area contributed by atoms with E-state index in [1.165, 1.54) is 7.11 Å². The van der Waals surface area contributed by atoms with Crippen LogP contribution in [0, 0.1) is 12.7 Å². The van der Waals surface area contributed by atoms with Crippen molar-refractivity contribution in [2.75, 3.05) is 7.11 Å². The molecule has 0 saturated carbocycles. The highest BCUT2D eigenvalue weighted by Gasteiger charge is 2.15. The molecule has 0 aromatic heterocycles. The molecule has 1 aromatic rings. The van der Waals surface area contributed by atoms with Crippen LogP contribution in [0.5, 0.6) is 11.5 Å². The smallest absolute Gasteiger partial charge is 0.207 e. The first-order chi connectivity index (χ1) is 6.11. The zero-order valence-electron chi connectivity index (χ0n) is 7.60. The van der Waals surface area contributed by atoms with Crippen molar-refractivity contribution in [1.29, 1.82) is 0 Å². The minimum atomic E-state index is -0.747. The highest BCUT2D eigenvalue weighted by atomic mass is 19.1. The summed E-state index contributed by atoms with van der Waals surface area (Å²) in [6.07, 6.45) is 0. The van der Waals surface area contributed by atoms with Crippen LogP contribution in [0.3, 0.4) is 0 Å². The highest BCUT2D eigenvalue weighted by molar-refractivity contribution is 5.46. The Hall–Kier alpha value is -1.29. The number of phenolic OH excluding ortho intramolecular Hbond substituents is 1. The molecule has 0 heterocycles. The second-order valence-electron chi connectivity index (χ2n) is 2.75. The summed E-state index contributed by atoms with van der Waals surface area (Å²) in [6, 6.07) is 1.61. The molecule has 0 fully saturated rings. The van der Waals surface area contributed by atoms with E-state index in [9.17, 15) is 9.50 Å². The summed E-state index contributed by atoms with van der Waals surface area (Å²) in [5.41, 5.74) is 6.39. The van der Waals surface area contributed by atoms with Gasteiger partial charge in [0.05, 0.1) is 7.11 Å². The Morgan fingerprint density at radius 3 is 2.69 bits per heavy atom. The summed E-state index contributed by atoms with van der Waals surface area (Å²) in [4.78, 5) is 0. The highest BCUT2D eigenvalue weighted by Crippen LogP contribution is 2.32. The Morgan fingerprint density at radius 2 is 2.23 bits per heavy atom. The molecule has 13 heavy (non-hydrogen) atoms. The minimum absolute atomic E-state index is 0.0191. The van der Waals surface area contributed by atoms with Gasteiger partial charge in [0, 0.05) is 12.1 Å². The van der Waals surface area contributed by atoms with Crippen LogP contribution < -0.4 is 10.5 Å². The molecule has 0 radical (unpaired) electrons. The fraction of sp³-hybridized carbons (Fsp3) is 0.333. The standard InChI is InChI=1S/C9H12FNO2/c1-5-3-6(4-11)9(13-2)7(10)8(5)12/h3,12H,4,11H2,1-2H3. The minimum Gasteiger partial charge on any atom is -0.505 e. The second-order valence-corrected chi connectivity index (χ2v) is 2.75. The molecular weight excluding hydrogens is 173 g/mol. The molecule has 0 spiro atoms. The SMILES string of the molecule is COc1c(CN)cc(C)c(O)c1F. The van der Waals surface area contributed by atoms with Gasteiger partial charge in [0.15, 0.2) is 11.5 Å². The molecule has 0 saturated heterocycles. The summed E-state index contributed by atoms with van der Waals surface area (Å²) >= 11 is 0. The average Bonchev–Trinajstić information content (AvgIpc) is 2.13. The number of halogens is 1. The molecule has 3 nitrogen and oxygen atoms in total. The van der Waals surface area contributed by atoms with Gasteiger partial charge in [0.1, 0.15) is 0 Å². The molecule has 0 amide bonds. The molecule has 0 aliphatic carbocycles. The maximum atomic E-state index is 13.3. The van der Waals surface area contributed by atoms with Gasteiger partial charge >= 0.3 is 0 Å². The van der Waals surface area contributed by atoms with Gasteiger partial charge in [0.2, 0.25) is 5.82 Å². The zero-order valence-corrected chi connectivity index (χ0v) is 7.60. The lowest BCUT2D eigenvalue weighted by molar-refractivity contribution is 0.359.